The zero-order chi connectivity index (χ0) is 19.2. The van der Waals surface area contributed by atoms with Gasteiger partial charge < -0.3 is 15.2 Å². The second-order valence-electron chi connectivity index (χ2n) is 6.26. The summed E-state index contributed by atoms with van der Waals surface area (Å²) in [4.78, 5) is 10.7. The van der Waals surface area contributed by atoms with Gasteiger partial charge >= 0.3 is 0 Å². The number of methoxy groups -OCH3 is 2. The lowest BCUT2D eigenvalue weighted by molar-refractivity contribution is 0.187. The molecule has 0 fully saturated rings. The lowest BCUT2D eigenvalue weighted by Gasteiger charge is -2.30. The quantitative estimate of drug-likeness (QED) is 0.791. The molecule has 0 saturated carbocycles. The highest BCUT2D eigenvalue weighted by molar-refractivity contribution is 6.66. The third kappa shape index (κ3) is 5.21. The van der Waals surface area contributed by atoms with E-state index >= 15 is 0 Å². The number of ether oxygens (including phenoxy) is 2. The van der Waals surface area contributed by atoms with Gasteiger partial charge in [0, 0.05) is 19.5 Å². The number of nitrogens with two attached hydrogens (primary N) is 1. The maximum absolute atomic E-state index is 6.16. The van der Waals surface area contributed by atoms with Crippen LogP contribution in [0.15, 0.2) is 58.5 Å². The van der Waals surface area contributed by atoms with Gasteiger partial charge in [-0.25, -0.2) is 9.98 Å². The number of nitrogens with zero attached hydrogens (tertiary/aromatic N) is 3. The van der Waals surface area contributed by atoms with Crippen LogP contribution in [0.3, 0.4) is 0 Å². The molecule has 2 aromatic carbocycles. The Balaban J connectivity index is 1.81. The Kier molecular flexibility index (Phi) is 6.32. The molecule has 1 unspecified atom stereocenters. The van der Waals surface area contributed by atoms with Gasteiger partial charge in [-0.15, -0.1) is 0 Å². The van der Waals surface area contributed by atoms with E-state index in [1.54, 1.807) is 14.2 Å². The van der Waals surface area contributed by atoms with E-state index in [2.05, 4.69) is 14.9 Å². The predicted molar refractivity (Wildman–Crippen MR) is 109 cm³/mol. The van der Waals surface area contributed by atoms with Crippen molar-refractivity contribution in [3.8, 4) is 11.5 Å². The van der Waals surface area contributed by atoms with Crippen LogP contribution >= 0.6 is 11.6 Å². The lowest BCUT2D eigenvalue weighted by atomic mass is 10.1. The summed E-state index contributed by atoms with van der Waals surface area (Å²) in [7, 11) is 3.32. The van der Waals surface area contributed by atoms with Crippen molar-refractivity contribution in [1.29, 1.82) is 0 Å². The zero-order valence-electron chi connectivity index (χ0n) is 15.4. The normalized spacial score (nSPS) is 16.7. The molecule has 2 N–H and O–H groups in total. The van der Waals surface area contributed by atoms with Crippen molar-refractivity contribution in [3.63, 3.8) is 0 Å². The van der Waals surface area contributed by atoms with Gasteiger partial charge in [0.05, 0.1) is 14.2 Å². The van der Waals surface area contributed by atoms with Crippen LogP contribution in [0.25, 0.3) is 0 Å². The largest absolute Gasteiger partial charge is 0.497 e. The SMILES string of the molecule is COc1ccc(CN(Cc2ccc(OC)cc2)C2CC(Cl)=NC(N)=N2)cc1. The molecule has 0 bridgehead atoms. The van der Waals surface area contributed by atoms with E-state index in [1.807, 2.05) is 48.5 Å². The maximum atomic E-state index is 6.16. The molecule has 1 atom stereocenters. The summed E-state index contributed by atoms with van der Waals surface area (Å²) < 4.78 is 10.5. The van der Waals surface area contributed by atoms with Crippen molar-refractivity contribution in [2.45, 2.75) is 25.7 Å². The monoisotopic (exact) mass is 386 g/mol. The summed E-state index contributed by atoms with van der Waals surface area (Å²) in [6, 6.07) is 16.0. The van der Waals surface area contributed by atoms with E-state index in [1.165, 1.54) is 0 Å². The Labute approximate surface area is 164 Å². The number of hydrogen-bond donors (Lipinski definition) is 1. The van der Waals surface area contributed by atoms with Gasteiger partial charge in [-0.3, -0.25) is 4.90 Å². The van der Waals surface area contributed by atoms with Crippen molar-refractivity contribution >= 4 is 22.7 Å². The van der Waals surface area contributed by atoms with E-state index in [9.17, 15) is 0 Å². The van der Waals surface area contributed by atoms with E-state index in [0.717, 1.165) is 22.6 Å². The van der Waals surface area contributed by atoms with E-state index in [-0.39, 0.29) is 12.1 Å². The fourth-order valence-corrected chi connectivity index (χ4v) is 3.18. The molecule has 1 aliphatic rings. The molecule has 0 amide bonds. The lowest BCUT2D eigenvalue weighted by Crippen LogP contribution is -2.37. The van der Waals surface area contributed by atoms with Gasteiger partial charge in [-0.1, -0.05) is 35.9 Å². The van der Waals surface area contributed by atoms with Crippen LogP contribution in [-0.2, 0) is 13.1 Å². The molecule has 0 saturated heterocycles. The van der Waals surface area contributed by atoms with E-state index < -0.39 is 0 Å². The van der Waals surface area contributed by atoms with Crippen LogP contribution in [0.1, 0.15) is 17.5 Å². The molecule has 0 aliphatic carbocycles. The molecule has 7 heteroatoms. The van der Waals surface area contributed by atoms with Crippen molar-refractivity contribution < 1.29 is 9.47 Å². The number of rotatable bonds is 7. The standard InChI is InChI=1S/C20H23ClN4O2/c1-26-16-7-3-14(4-8-16)12-25(19-11-18(21)23-20(22)24-19)13-15-5-9-17(27-2)10-6-15/h3-10,19H,11-13H2,1-2H3,(H2,22,24). The molecule has 1 aliphatic heterocycles. The van der Waals surface area contributed by atoms with Crippen LogP contribution in [0.5, 0.6) is 11.5 Å². The van der Waals surface area contributed by atoms with Gasteiger partial charge in [0.1, 0.15) is 22.8 Å². The van der Waals surface area contributed by atoms with Gasteiger partial charge in [-0.2, -0.15) is 0 Å². The zero-order valence-corrected chi connectivity index (χ0v) is 16.2. The molecular formula is C20H23ClN4O2. The summed E-state index contributed by atoms with van der Waals surface area (Å²) >= 11 is 6.16. The van der Waals surface area contributed by atoms with Crippen LogP contribution in [0, 0.1) is 0 Å². The summed E-state index contributed by atoms with van der Waals surface area (Å²) in [6.45, 7) is 1.39. The molecule has 27 heavy (non-hydrogen) atoms. The Morgan fingerprint density at radius 2 is 1.44 bits per heavy atom. The average Bonchev–Trinajstić information content (AvgIpc) is 2.68. The van der Waals surface area contributed by atoms with E-state index in [4.69, 9.17) is 26.8 Å². The Hall–Kier alpha value is -2.57. The fourth-order valence-electron chi connectivity index (χ4n) is 2.96. The minimum absolute atomic E-state index is 0.167. The first kappa shape index (κ1) is 19.2. The Morgan fingerprint density at radius 3 is 1.85 bits per heavy atom. The van der Waals surface area contributed by atoms with Gasteiger partial charge in [0.2, 0.25) is 5.96 Å². The highest BCUT2D eigenvalue weighted by atomic mass is 35.5. The third-order valence-electron chi connectivity index (χ3n) is 4.38. The van der Waals surface area contributed by atoms with Gasteiger partial charge in [0.25, 0.3) is 0 Å². The minimum atomic E-state index is -0.167. The number of benzene rings is 2. The number of aliphatic imine (C=N–C) groups is 2. The highest BCUT2D eigenvalue weighted by Gasteiger charge is 2.23. The van der Waals surface area contributed by atoms with Crippen molar-refractivity contribution in [3.05, 3.63) is 59.7 Å². The van der Waals surface area contributed by atoms with Crippen LogP contribution in [-0.4, -0.2) is 36.4 Å². The smallest absolute Gasteiger partial charge is 0.218 e. The summed E-state index contributed by atoms with van der Waals surface area (Å²) in [5.74, 6) is 1.87. The van der Waals surface area contributed by atoms with Crippen molar-refractivity contribution in [2.75, 3.05) is 14.2 Å². The summed E-state index contributed by atoms with van der Waals surface area (Å²) in [6.07, 6.45) is 0.369. The Morgan fingerprint density at radius 1 is 0.963 bits per heavy atom. The number of guanidine groups is 1. The van der Waals surface area contributed by atoms with Crippen molar-refractivity contribution in [2.24, 2.45) is 15.7 Å². The first-order valence-electron chi connectivity index (χ1n) is 8.63. The van der Waals surface area contributed by atoms with Crippen molar-refractivity contribution in [1.82, 2.24) is 4.90 Å². The second kappa shape index (κ2) is 8.88. The second-order valence-corrected chi connectivity index (χ2v) is 6.70. The third-order valence-corrected chi connectivity index (χ3v) is 4.62. The highest BCUT2D eigenvalue weighted by Crippen LogP contribution is 2.22. The van der Waals surface area contributed by atoms with Crippen LogP contribution in [0.4, 0.5) is 0 Å². The average molecular weight is 387 g/mol. The minimum Gasteiger partial charge on any atom is -0.497 e. The van der Waals surface area contributed by atoms with Crippen LogP contribution < -0.4 is 15.2 Å². The molecule has 0 aromatic heterocycles. The molecule has 3 rings (SSSR count). The van der Waals surface area contributed by atoms with E-state index in [0.29, 0.717) is 24.7 Å². The van der Waals surface area contributed by atoms with Crippen LogP contribution in [0.2, 0.25) is 0 Å². The van der Waals surface area contributed by atoms with Gasteiger partial charge in [0.15, 0.2) is 0 Å². The first-order chi connectivity index (χ1) is 13.1. The molecular weight excluding hydrogens is 364 g/mol. The topological polar surface area (TPSA) is 72.4 Å². The molecule has 0 radical (unpaired) electrons. The summed E-state index contributed by atoms with van der Waals surface area (Å²) in [5, 5.41) is 0.474. The molecule has 2 aromatic rings. The molecule has 1 heterocycles. The predicted octanol–water partition coefficient (Wildman–Crippen LogP) is 3.39. The number of halogens is 1. The number of hydrogen-bond acceptors (Lipinski definition) is 6. The maximum Gasteiger partial charge on any atom is 0.218 e. The molecule has 6 nitrogen and oxygen atoms in total. The first-order valence-corrected chi connectivity index (χ1v) is 9.01. The fraction of sp³-hybridized carbons (Fsp3) is 0.300. The van der Waals surface area contributed by atoms with Gasteiger partial charge in [-0.05, 0) is 35.4 Å². The molecule has 142 valence electrons. The summed E-state index contributed by atoms with van der Waals surface area (Å²) in [5.41, 5.74) is 8.13. The molecule has 0 spiro atoms. The Bertz CT molecular complexity index is 769.